The molecule has 0 unspecified atom stereocenters. The first kappa shape index (κ1) is 22.2. The Bertz CT molecular complexity index is 917. The Labute approximate surface area is 181 Å². The summed E-state index contributed by atoms with van der Waals surface area (Å²) in [5, 5.41) is 3.27. The van der Waals surface area contributed by atoms with Gasteiger partial charge in [0.1, 0.15) is 5.75 Å². The second-order valence-corrected chi connectivity index (χ2v) is 8.70. The molecule has 0 atom stereocenters. The molecular weight excluding hydrogens is 375 g/mol. The van der Waals surface area contributed by atoms with E-state index in [-0.39, 0.29) is 11.4 Å². The van der Waals surface area contributed by atoms with E-state index in [1.165, 1.54) is 0 Å². The third kappa shape index (κ3) is 4.34. The van der Waals surface area contributed by atoms with Crippen LogP contribution in [0, 0.1) is 0 Å². The number of fused-ring (bicyclic) bond motifs is 1. The molecule has 0 aliphatic carbocycles. The van der Waals surface area contributed by atoms with Crippen LogP contribution in [0.2, 0.25) is 6.32 Å². The Morgan fingerprint density at radius 3 is 2.73 bits per heavy atom. The molecule has 5 nitrogen and oxygen atoms in total. The summed E-state index contributed by atoms with van der Waals surface area (Å²) in [6, 6.07) is 4.21. The zero-order chi connectivity index (χ0) is 22.1. The van der Waals surface area contributed by atoms with E-state index in [0.717, 1.165) is 39.2 Å². The van der Waals surface area contributed by atoms with Gasteiger partial charge in [0.05, 0.1) is 25.9 Å². The highest BCUT2D eigenvalue weighted by molar-refractivity contribution is 6.57. The van der Waals surface area contributed by atoms with Gasteiger partial charge in [-0.05, 0) is 62.9 Å². The van der Waals surface area contributed by atoms with E-state index in [0.29, 0.717) is 38.2 Å². The van der Waals surface area contributed by atoms with Gasteiger partial charge in [0, 0.05) is 29.9 Å². The largest absolute Gasteiger partial charge is 0.496 e. The van der Waals surface area contributed by atoms with Gasteiger partial charge in [-0.1, -0.05) is 18.6 Å². The number of hydrogen-bond donors (Lipinski definition) is 1. The topological polar surface area (TPSA) is 50.8 Å². The van der Waals surface area contributed by atoms with E-state index in [2.05, 4.69) is 44.8 Å². The number of nitrogens with zero attached hydrogens (tertiary/aromatic N) is 1. The summed E-state index contributed by atoms with van der Waals surface area (Å²) in [4.78, 5) is 15.2. The summed E-state index contributed by atoms with van der Waals surface area (Å²) in [6.07, 6.45) is 0.681. The minimum Gasteiger partial charge on any atom is -0.496 e. The van der Waals surface area contributed by atoms with Crippen LogP contribution < -0.4 is 15.5 Å². The lowest BCUT2D eigenvalue weighted by molar-refractivity contribution is -0.141. The number of rotatable bonds is 6. The zero-order valence-corrected chi connectivity index (χ0v) is 18.9. The van der Waals surface area contributed by atoms with E-state index < -0.39 is 0 Å². The molecule has 1 N–H and O–H groups in total. The third-order valence-electron chi connectivity index (χ3n) is 5.93. The van der Waals surface area contributed by atoms with Crippen molar-refractivity contribution in [3.63, 3.8) is 0 Å². The Kier molecular flexibility index (Phi) is 6.46. The van der Waals surface area contributed by atoms with Crippen LogP contribution in [0.4, 0.5) is 0 Å². The molecule has 1 aromatic carbocycles. The van der Waals surface area contributed by atoms with Crippen molar-refractivity contribution in [1.29, 1.82) is 0 Å². The Balaban J connectivity index is 1.93. The molecule has 0 bridgehead atoms. The van der Waals surface area contributed by atoms with Crippen molar-refractivity contribution in [3.05, 3.63) is 53.3 Å². The summed E-state index contributed by atoms with van der Waals surface area (Å²) < 4.78 is 11.2. The van der Waals surface area contributed by atoms with Crippen LogP contribution in [0.25, 0.3) is 5.57 Å². The molecule has 6 heteroatoms. The van der Waals surface area contributed by atoms with Crippen LogP contribution in [0.1, 0.15) is 38.8 Å². The van der Waals surface area contributed by atoms with Crippen molar-refractivity contribution in [2.24, 2.45) is 0 Å². The fourth-order valence-electron chi connectivity index (χ4n) is 4.11. The van der Waals surface area contributed by atoms with Gasteiger partial charge in [-0.2, -0.15) is 0 Å². The molecule has 30 heavy (non-hydrogen) atoms. The number of ether oxygens (including phenoxy) is 2. The highest BCUT2D eigenvalue weighted by Crippen LogP contribution is 2.33. The maximum atomic E-state index is 13.3. The maximum absolute atomic E-state index is 13.3. The SMILES string of the molecule is C=C(C)NCc1cc2c(cc1OC)[B]CC(C(=C)C(=O)N1CCOCC1(C)C)=C2C. The molecule has 2 heterocycles. The number of methoxy groups -OCH3 is 1. The summed E-state index contributed by atoms with van der Waals surface area (Å²) in [5.74, 6) is 0.840. The standard InChI is InChI=1S/C24H32BN2O3/c1-15(2)26-13-18-10-19-16(3)20(12-25-21(19)11-22(18)29-7)17(4)23(28)27-8-9-30-14-24(27,5)6/h10-11,26H,1,4,8-9,12-14H2,2-3,5-7H3. The van der Waals surface area contributed by atoms with Crippen LogP contribution in [-0.2, 0) is 16.1 Å². The van der Waals surface area contributed by atoms with Gasteiger partial charge < -0.3 is 19.7 Å². The number of morpholine rings is 1. The third-order valence-corrected chi connectivity index (χ3v) is 5.93. The molecule has 3 rings (SSSR count). The van der Waals surface area contributed by atoms with E-state index in [1.807, 2.05) is 25.7 Å². The first-order valence-electron chi connectivity index (χ1n) is 10.4. The molecule has 2 aliphatic heterocycles. The maximum Gasteiger partial charge on any atom is 0.254 e. The quantitative estimate of drug-likeness (QED) is 0.582. The molecule has 1 aromatic rings. The molecule has 2 aliphatic rings. The second-order valence-electron chi connectivity index (χ2n) is 8.70. The van der Waals surface area contributed by atoms with Crippen LogP contribution in [0.15, 0.2) is 42.1 Å². The summed E-state index contributed by atoms with van der Waals surface area (Å²) in [5.41, 5.74) is 6.53. The minimum absolute atomic E-state index is 0.00724. The number of carbonyl (C=O) groups excluding carboxylic acids is 1. The first-order chi connectivity index (χ1) is 14.2. The minimum atomic E-state index is -0.336. The Morgan fingerprint density at radius 1 is 1.37 bits per heavy atom. The van der Waals surface area contributed by atoms with Crippen molar-refractivity contribution in [2.45, 2.75) is 46.1 Å². The fraction of sp³-hybridized carbons (Fsp3) is 0.458. The molecular formula is C24H32BN2O3. The first-order valence-corrected chi connectivity index (χ1v) is 10.4. The average Bonchev–Trinajstić information content (AvgIpc) is 2.70. The lowest BCUT2D eigenvalue weighted by atomic mass is 9.57. The molecule has 1 radical (unpaired) electrons. The van der Waals surface area contributed by atoms with E-state index in [9.17, 15) is 4.79 Å². The molecule has 1 amide bonds. The fourth-order valence-corrected chi connectivity index (χ4v) is 4.11. The van der Waals surface area contributed by atoms with Gasteiger partial charge >= 0.3 is 0 Å². The smallest absolute Gasteiger partial charge is 0.254 e. The van der Waals surface area contributed by atoms with Crippen molar-refractivity contribution in [2.75, 3.05) is 26.9 Å². The number of carbonyl (C=O) groups is 1. The summed E-state index contributed by atoms with van der Waals surface area (Å²) in [7, 11) is 3.84. The normalized spacial score (nSPS) is 17.7. The molecule has 0 aromatic heterocycles. The highest BCUT2D eigenvalue weighted by Gasteiger charge is 2.36. The lowest BCUT2D eigenvalue weighted by Gasteiger charge is -2.42. The van der Waals surface area contributed by atoms with Crippen molar-refractivity contribution in [1.82, 2.24) is 10.2 Å². The predicted molar refractivity (Wildman–Crippen MR) is 123 cm³/mol. The summed E-state index contributed by atoms with van der Waals surface area (Å²) >= 11 is 0. The second kappa shape index (κ2) is 8.72. The molecule has 0 spiro atoms. The van der Waals surface area contributed by atoms with Crippen molar-refractivity contribution < 1.29 is 14.3 Å². The molecule has 1 fully saturated rings. The van der Waals surface area contributed by atoms with Crippen LogP contribution in [-0.4, -0.2) is 50.5 Å². The zero-order valence-electron chi connectivity index (χ0n) is 18.9. The van der Waals surface area contributed by atoms with E-state index in [4.69, 9.17) is 9.47 Å². The number of allylic oxidation sites excluding steroid dienone is 2. The van der Waals surface area contributed by atoms with Gasteiger partial charge in [0.2, 0.25) is 0 Å². The predicted octanol–water partition coefficient (Wildman–Crippen LogP) is 3.05. The Morgan fingerprint density at radius 2 is 2.10 bits per heavy atom. The van der Waals surface area contributed by atoms with Crippen molar-refractivity contribution >= 4 is 24.2 Å². The summed E-state index contributed by atoms with van der Waals surface area (Å²) in [6.45, 7) is 18.5. The average molecular weight is 407 g/mol. The number of amides is 1. The van der Waals surface area contributed by atoms with Crippen LogP contribution in [0.5, 0.6) is 5.75 Å². The van der Waals surface area contributed by atoms with Crippen LogP contribution >= 0.6 is 0 Å². The van der Waals surface area contributed by atoms with Gasteiger partial charge in [-0.25, -0.2) is 0 Å². The van der Waals surface area contributed by atoms with E-state index >= 15 is 0 Å². The number of hydrogen-bond acceptors (Lipinski definition) is 4. The highest BCUT2D eigenvalue weighted by atomic mass is 16.5. The van der Waals surface area contributed by atoms with Crippen LogP contribution in [0.3, 0.4) is 0 Å². The lowest BCUT2D eigenvalue weighted by Crippen LogP contribution is -2.56. The monoisotopic (exact) mass is 407 g/mol. The van der Waals surface area contributed by atoms with Gasteiger partial charge in [-0.15, -0.1) is 0 Å². The molecule has 0 saturated carbocycles. The van der Waals surface area contributed by atoms with Crippen molar-refractivity contribution in [3.8, 4) is 5.75 Å². The molecule has 159 valence electrons. The van der Waals surface area contributed by atoms with Gasteiger partial charge in [0.15, 0.2) is 7.28 Å². The Hall–Kier alpha value is -2.47. The number of benzene rings is 1. The molecule has 1 saturated heterocycles. The van der Waals surface area contributed by atoms with Gasteiger partial charge in [0.25, 0.3) is 5.91 Å². The van der Waals surface area contributed by atoms with E-state index in [1.54, 1.807) is 7.11 Å². The van der Waals surface area contributed by atoms with Gasteiger partial charge in [-0.3, -0.25) is 4.79 Å². The number of nitrogens with one attached hydrogen (secondary N) is 1.